The summed E-state index contributed by atoms with van der Waals surface area (Å²) < 4.78 is 34.1. The highest BCUT2D eigenvalue weighted by Gasteiger charge is 2.26. The summed E-state index contributed by atoms with van der Waals surface area (Å²) in [6, 6.07) is 6.48. The Morgan fingerprint density at radius 3 is 2.58 bits per heavy atom. The molecule has 0 amide bonds. The number of methoxy groups -OCH3 is 1. The van der Waals surface area contributed by atoms with Crippen molar-refractivity contribution in [3.8, 4) is 12.0 Å². The summed E-state index contributed by atoms with van der Waals surface area (Å²) in [5.74, 6) is -0.505. The Balaban J connectivity index is 1.74. The zero-order valence-electron chi connectivity index (χ0n) is 20.5. The Morgan fingerprint density at radius 2 is 1.89 bits per heavy atom. The number of carbonyl (C=O) groups excluding carboxylic acids is 1. The molecule has 0 aliphatic heterocycles. The molecular formula is C22H30N5O8P. The number of nitrogens with two attached hydrogens (primary N) is 1. The summed E-state index contributed by atoms with van der Waals surface area (Å²) in [7, 11) is -2.56. The van der Waals surface area contributed by atoms with Crippen LogP contribution in [0.15, 0.2) is 24.3 Å². The minimum atomic E-state index is -4.10. The Hall–Kier alpha value is -3.25. The van der Waals surface area contributed by atoms with Gasteiger partial charge in [0, 0.05) is 7.11 Å². The van der Waals surface area contributed by atoms with E-state index in [0.717, 1.165) is 0 Å². The first-order chi connectivity index (χ1) is 16.9. The third-order valence-electron chi connectivity index (χ3n) is 4.87. The number of benzene rings is 1. The maximum absolute atomic E-state index is 12.5. The smallest absolute Gasteiger partial charge is 0.335 e. The number of anilines is 1. The van der Waals surface area contributed by atoms with E-state index in [1.165, 1.54) is 11.7 Å². The number of imidazole rings is 1. The molecular weight excluding hydrogens is 493 g/mol. The van der Waals surface area contributed by atoms with Crippen LogP contribution in [0, 0.1) is 5.41 Å². The summed E-state index contributed by atoms with van der Waals surface area (Å²) in [6.45, 7) is 5.03. The molecule has 36 heavy (non-hydrogen) atoms. The molecule has 4 N–H and O–H groups in total. The normalized spacial score (nSPS) is 13.5. The molecule has 0 aliphatic rings. The fourth-order valence-corrected chi connectivity index (χ4v) is 4.05. The number of hydrogen-bond acceptors (Lipinski definition) is 11. The second kappa shape index (κ2) is 11.2. The molecule has 0 saturated carbocycles. The largest absolute Gasteiger partial charge is 0.480 e. The van der Waals surface area contributed by atoms with E-state index in [1.54, 1.807) is 45.0 Å². The van der Waals surface area contributed by atoms with E-state index in [0.29, 0.717) is 17.7 Å². The quantitative estimate of drug-likeness (QED) is 0.145. The molecule has 1 aromatic carbocycles. The SMILES string of the molecule is COCCOc1nc(N)c2nc(O)n(Cc3cccc(CP(=O)(O)OCOC(=O)C(C)(C)C)c3)c2n1. The Kier molecular flexibility index (Phi) is 8.51. The molecule has 14 heteroatoms. The highest BCUT2D eigenvalue weighted by Crippen LogP contribution is 2.45. The van der Waals surface area contributed by atoms with Gasteiger partial charge in [0.2, 0.25) is 6.79 Å². The molecule has 0 spiro atoms. The number of nitrogens with zero attached hydrogens (tertiary/aromatic N) is 4. The molecule has 196 valence electrons. The number of esters is 1. The maximum atomic E-state index is 12.5. The molecule has 0 fully saturated rings. The number of rotatable bonds is 11. The number of fused-ring (bicyclic) bond motifs is 1. The zero-order chi connectivity index (χ0) is 26.5. The number of hydrogen-bond donors (Lipinski definition) is 3. The monoisotopic (exact) mass is 523 g/mol. The minimum absolute atomic E-state index is 0.0116. The molecule has 2 heterocycles. The molecule has 0 radical (unpaired) electrons. The van der Waals surface area contributed by atoms with Gasteiger partial charge in [-0.3, -0.25) is 18.5 Å². The van der Waals surface area contributed by atoms with Crippen LogP contribution in [0.3, 0.4) is 0 Å². The Bertz CT molecular complexity index is 1270. The van der Waals surface area contributed by atoms with E-state index in [9.17, 15) is 19.4 Å². The lowest BCUT2D eigenvalue weighted by Crippen LogP contribution is -2.23. The van der Waals surface area contributed by atoms with Crippen molar-refractivity contribution in [2.75, 3.05) is 32.9 Å². The molecule has 2 aromatic heterocycles. The number of aromatic nitrogens is 4. The Morgan fingerprint density at radius 1 is 1.17 bits per heavy atom. The summed E-state index contributed by atoms with van der Waals surface area (Å²) in [5.41, 5.74) is 6.85. The van der Waals surface area contributed by atoms with Crippen LogP contribution >= 0.6 is 7.60 Å². The highest BCUT2D eigenvalue weighted by atomic mass is 31.2. The van der Waals surface area contributed by atoms with Crippen molar-refractivity contribution >= 4 is 30.5 Å². The number of ether oxygens (including phenoxy) is 3. The summed E-state index contributed by atoms with van der Waals surface area (Å²) >= 11 is 0. The second-order valence-corrected chi connectivity index (χ2v) is 10.8. The van der Waals surface area contributed by atoms with Gasteiger partial charge in [0.25, 0.3) is 6.01 Å². The summed E-state index contributed by atoms with van der Waals surface area (Å²) in [5, 5.41) is 10.4. The molecule has 3 rings (SSSR count). The van der Waals surface area contributed by atoms with Crippen molar-refractivity contribution in [1.29, 1.82) is 0 Å². The molecule has 1 unspecified atom stereocenters. The molecule has 0 aliphatic carbocycles. The predicted molar refractivity (Wildman–Crippen MR) is 129 cm³/mol. The predicted octanol–water partition coefficient (Wildman–Crippen LogP) is 2.44. The van der Waals surface area contributed by atoms with Gasteiger partial charge in [0.05, 0.1) is 24.7 Å². The van der Waals surface area contributed by atoms with Gasteiger partial charge in [-0.1, -0.05) is 24.3 Å². The topological polar surface area (TPSA) is 181 Å². The van der Waals surface area contributed by atoms with E-state index >= 15 is 0 Å². The number of nitrogen functional groups attached to an aromatic ring is 1. The van der Waals surface area contributed by atoms with E-state index in [1.807, 2.05) is 0 Å². The van der Waals surface area contributed by atoms with Gasteiger partial charge in [-0.15, -0.1) is 0 Å². The van der Waals surface area contributed by atoms with Gasteiger partial charge in [-0.2, -0.15) is 15.0 Å². The lowest BCUT2D eigenvalue weighted by atomic mass is 9.98. The average Bonchev–Trinajstić information content (AvgIpc) is 3.09. The first-order valence-corrected chi connectivity index (χ1v) is 12.7. The first kappa shape index (κ1) is 27.3. The van der Waals surface area contributed by atoms with Crippen molar-refractivity contribution in [2.45, 2.75) is 33.5 Å². The van der Waals surface area contributed by atoms with Gasteiger partial charge >= 0.3 is 19.6 Å². The zero-order valence-corrected chi connectivity index (χ0v) is 21.4. The van der Waals surface area contributed by atoms with Crippen LogP contribution in [0.4, 0.5) is 5.82 Å². The van der Waals surface area contributed by atoms with Gasteiger partial charge in [-0.05, 0) is 31.9 Å². The summed E-state index contributed by atoms with van der Waals surface area (Å²) in [6.07, 6.45) is -0.308. The molecule has 13 nitrogen and oxygen atoms in total. The van der Waals surface area contributed by atoms with Crippen LogP contribution in [0.5, 0.6) is 12.0 Å². The fourth-order valence-electron chi connectivity index (χ4n) is 3.08. The van der Waals surface area contributed by atoms with Crippen LogP contribution in [0.2, 0.25) is 0 Å². The Labute approximate surface area is 207 Å². The van der Waals surface area contributed by atoms with E-state index in [2.05, 4.69) is 15.0 Å². The molecule has 0 bridgehead atoms. The lowest BCUT2D eigenvalue weighted by molar-refractivity contribution is -0.159. The van der Waals surface area contributed by atoms with Crippen molar-refractivity contribution in [1.82, 2.24) is 19.5 Å². The lowest BCUT2D eigenvalue weighted by Gasteiger charge is -2.18. The molecule has 1 atom stereocenters. The van der Waals surface area contributed by atoms with Crippen molar-refractivity contribution in [3.63, 3.8) is 0 Å². The summed E-state index contributed by atoms with van der Waals surface area (Å²) in [4.78, 5) is 34.4. The third kappa shape index (κ3) is 7.14. The van der Waals surface area contributed by atoms with Crippen LogP contribution < -0.4 is 10.5 Å². The highest BCUT2D eigenvalue weighted by molar-refractivity contribution is 7.51. The van der Waals surface area contributed by atoms with Crippen molar-refractivity contribution in [3.05, 3.63) is 35.4 Å². The van der Waals surface area contributed by atoms with Gasteiger partial charge in [0.15, 0.2) is 17.0 Å². The first-order valence-electron chi connectivity index (χ1n) is 11.0. The van der Waals surface area contributed by atoms with E-state index in [4.69, 9.17) is 24.5 Å². The maximum Gasteiger partial charge on any atom is 0.335 e. The van der Waals surface area contributed by atoms with E-state index < -0.39 is 25.8 Å². The average molecular weight is 523 g/mol. The minimum Gasteiger partial charge on any atom is -0.480 e. The molecule has 3 aromatic rings. The van der Waals surface area contributed by atoms with Crippen LogP contribution in [0.25, 0.3) is 11.2 Å². The van der Waals surface area contributed by atoms with E-state index in [-0.39, 0.29) is 48.3 Å². The van der Waals surface area contributed by atoms with Gasteiger partial charge < -0.3 is 29.9 Å². The van der Waals surface area contributed by atoms with Gasteiger partial charge in [-0.25, -0.2) is 0 Å². The van der Waals surface area contributed by atoms with Crippen molar-refractivity contribution < 1.29 is 38.1 Å². The standard InChI is InChI=1S/C22H30N5O8P/c1-22(2,3)19(28)34-13-35-36(30,31)12-15-7-5-6-14(10-15)11-27-18-16(24-21(27)29)17(23)25-20(26-18)33-9-8-32-4/h5-7,10H,8-9,11-13H2,1-4H3,(H,24,29)(H,30,31)(H2,23,25,26). The van der Waals surface area contributed by atoms with Crippen molar-refractivity contribution in [2.24, 2.45) is 5.41 Å². The van der Waals surface area contributed by atoms with Crippen LogP contribution in [-0.4, -0.2) is 62.6 Å². The number of carbonyl (C=O) groups is 1. The van der Waals surface area contributed by atoms with Crippen LogP contribution in [0.1, 0.15) is 31.9 Å². The third-order valence-corrected chi connectivity index (χ3v) is 6.14. The second-order valence-electron chi connectivity index (χ2n) is 8.95. The van der Waals surface area contributed by atoms with Gasteiger partial charge in [0.1, 0.15) is 6.61 Å². The number of aromatic hydroxyl groups is 1. The molecule has 0 saturated heterocycles. The fraction of sp³-hybridized carbons (Fsp3) is 0.455. The van der Waals surface area contributed by atoms with Crippen LogP contribution in [-0.2, 0) is 36.1 Å².